The second-order valence-electron chi connectivity index (χ2n) is 2.71. The Bertz CT molecular complexity index is 377. The number of Topliss-reactive ketones (excluding diaryl/α,β-unsaturated/α-hetero) is 1. The fourth-order valence-electron chi connectivity index (χ4n) is 1.00. The first-order valence-corrected chi connectivity index (χ1v) is 4.47. The topological polar surface area (TPSA) is 17.1 Å². The number of ketones is 1. The summed E-state index contributed by atoms with van der Waals surface area (Å²) in [6, 6.07) is 2.18. The first kappa shape index (κ1) is 11.4. The normalized spacial score (nSPS) is 10.7. The van der Waals surface area contributed by atoms with Crippen LogP contribution in [0, 0.1) is 0 Å². The SMILES string of the molecule is CC(=O)c1cc(C(F)F)c(Cl)cc1Cl. The third-order valence-corrected chi connectivity index (χ3v) is 2.34. The van der Waals surface area contributed by atoms with Crippen molar-refractivity contribution in [2.45, 2.75) is 13.3 Å². The van der Waals surface area contributed by atoms with Gasteiger partial charge in [0.15, 0.2) is 5.78 Å². The molecule has 0 unspecified atom stereocenters. The Labute approximate surface area is 89.6 Å². The van der Waals surface area contributed by atoms with Crippen molar-refractivity contribution in [2.24, 2.45) is 0 Å². The first-order valence-electron chi connectivity index (χ1n) is 3.71. The van der Waals surface area contributed by atoms with Gasteiger partial charge in [-0.1, -0.05) is 23.2 Å². The number of hydrogen-bond donors (Lipinski definition) is 0. The molecule has 0 aliphatic carbocycles. The zero-order valence-corrected chi connectivity index (χ0v) is 8.66. The van der Waals surface area contributed by atoms with E-state index in [2.05, 4.69) is 0 Å². The molecule has 5 heteroatoms. The molecule has 0 radical (unpaired) electrons. The highest BCUT2D eigenvalue weighted by molar-refractivity contribution is 6.37. The Morgan fingerprint density at radius 2 is 1.86 bits per heavy atom. The van der Waals surface area contributed by atoms with Crippen LogP contribution in [0.5, 0.6) is 0 Å². The van der Waals surface area contributed by atoms with Crippen LogP contribution in [-0.4, -0.2) is 5.78 Å². The molecule has 1 nitrogen and oxygen atoms in total. The molecule has 0 aliphatic rings. The standard InChI is InChI=1S/C9H6Cl2F2O/c1-4(14)5-2-6(9(12)13)8(11)3-7(5)10/h2-3,9H,1H3. The van der Waals surface area contributed by atoms with E-state index in [9.17, 15) is 13.6 Å². The van der Waals surface area contributed by atoms with Gasteiger partial charge in [0.2, 0.25) is 0 Å². The van der Waals surface area contributed by atoms with Crippen LogP contribution in [-0.2, 0) is 0 Å². The van der Waals surface area contributed by atoms with E-state index in [1.165, 1.54) is 6.92 Å². The maximum atomic E-state index is 12.4. The maximum absolute atomic E-state index is 12.4. The van der Waals surface area contributed by atoms with Crippen molar-refractivity contribution >= 4 is 29.0 Å². The van der Waals surface area contributed by atoms with E-state index in [0.717, 1.165) is 12.1 Å². The van der Waals surface area contributed by atoms with Gasteiger partial charge in [-0.05, 0) is 19.1 Å². The Morgan fingerprint density at radius 3 is 2.29 bits per heavy atom. The predicted molar refractivity (Wildman–Crippen MR) is 51.4 cm³/mol. The van der Waals surface area contributed by atoms with Gasteiger partial charge in [-0.15, -0.1) is 0 Å². The van der Waals surface area contributed by atoms with Gasteiger partial charge in [-0.25, -0.2) is 8.78 Å². The molecule has 0 aromatic heterocycles. The monoisotopic (exact) mass is 238 g/mol. The summed E-state index contributed by atoms with van der Waals surface area (Å²) in [4.78, 5) is 11.0. The third-order valence-electron chi connectivity index (χ3n) is 1.70. The van der Waals surface area contributed by atoms with E-state index >= 15 is 0 Å². The molecule has 0 N–H and O–H groups in total. The lowest BCUT2D eigenvalue weighted by molar-refractivity contribution is 0.101. The summed E-state index contributed by atoms with van der Waals surface area (Å²) in [5, 5.41) is -0.0399. The van der Waals surface area contributed by atoms with E-state index in [4.69, 9.17) is 23.2 Å². The minimum Gasteiger partial charge on any atom is -0.294 e. The van der Waals surface area contributed by atoms with Crippen molar-refractivity contribution in [3.05, 3.63) is 33.3 Å². The van der Waals surface area contributed by atoms with Gasteiger partial charge >= 0.3 is 0 Å². The number of rotatable bonds is 2. The van der Waals surface area contributed by atoms with Crippen molar-refractivity contribution in [1.29, 1.82) is 0 Å². The van der Waals surface area contributed by atoms with Crippen LogP contribution in [0.4, 0.5) is 8.78 Å². The lowest BCUT2D eigenvalue weighted by Gasteiger charge is -2.06. The van der Waals surface area contributed by atoms with Gasteiger partial charge in [0.05, 0.1) is 10.0 Å². The average molecular weight is 239 g/mol. The molecule has 1 aromatic rings. The number of carbonyl (C=O) groups is 1. The number of alkyl halides is 2. The summed E-state index contributed by atoms with van der Waals surface area (Å²) < 4.78 is 24.7. The zero-order chi connectivity index (χ0) is 10.9. The van der Waals surface area contributed by atoms with Gasteiger partial charge in [0.1, 0.15) is 0 Å². The number of carbonyl (C=O) groups excluding carboxylic acids is 1. The quantitative estimate of drug-likeness (QED) is 0.709. The Kier molecular flexibility index (Phi) is 3.45. The van der Waals surface area contributed by atoms with Crippen molar-refractivity contribution in [2.75, 3.05) is 0 Å². The summed E-state index contributed by atoms with van der Waals surface area (Å²) in [5.41, 5.74) is -0.312. The summed E-state index contributed by atoms with van der Waals surface area (Å²) in [6.45, 7) is 1.25. The molecular formula is C9H6Cl2F2O. The molecule has 0 saturated heterocycles. The summed E-state index contributed by atoms with van der Waals surface area (Å²) in [6.07, 6.45) is -2.71. The summed E-state index contributed by atoms with van der Waals surface area (Å²) in [5.74, 6) is -0.367. The average Bonchev–Trinajstić information content (AvgIpc) is 2.02. The summed E-state index contributed by atoms with van der Waals surface area (Å²) >= 11 is 11.2. The van der Waals surface area contributed by atoms with Crippen molar-refractivity contribution in [3.63, 3.8) is 0 Å². The van der Waals surface area contributed by atoms with E-state index in [0.29, 0.717) is 0 Å². The highest BCUT2D eigenvalue weighted by atomic mass is 35.5. The van der Waals surface area contributed by atoms with E-state index in [1.54, 1.807) is 0 Å². The summed E-state index contributed by atoms with van der Waals surface area (Å²) in [7, 11) is 0. The predicted octanol–water partition coefficient (Wildman–Crippen LogP) is 4.13. The van der Waals surface area contributed by atoms with E-state index in [1.807, 2.05) is 0 Å². The fourth-order valence-corrected chi connectivity index (χ4v) is 1.60. The largest absolute Gasteiger partial charge is 0.294 e. The van der Waals surface area contributed by atoms with Crippen LogP contribution in [0.2, 0.25) is 10.0 Å². The Balaban J connectivity index is 3.34. The van der Waals surface area contributed by atoms with Gasteiger partial charge in [-0.2, -0.15) is 0 Å². The fraction of sp³-hybridized carbons (Fsp3) is 0.222. The van der Waals surface area contributed by atoms with Gasteiger partial charge < -0.3 is 0 Å². The Morgan fingerprint density at radius 1 is 1.29 bits per heavy atom. The Hall–Kier alpha value is -0.670. The van der Waals surface area contributed by atoms with E-state index in [-0.39, 0.29) is 27.0 Å². The highest BCUT2D eigenvalue weighted by Gasteiger charge is 2.16. The third kappa shape index (κ3) is 2.22. The molecule has 0 atom stereocenters. The van der Waals surface area contributed by atoms with E-state index < -0.39 is 6.43 Å². The molecule has 0 saturated carbocycles. The maximum Gasteiger partial charge on any atom is 0.265 e. The van der Waals surface area contributed by atoms with Gasteiger partial charge in [0.25, 0.3) is 6.43 Å². The number of halogens is 4. The van der Waals surface area contributed by atoms with Gasteiger partial charge in [-0.3, -0.25) is 4.79 Å². The molecule has 0 heterocycles. The molecular weight excluding hydrogens is 233 g/mol. The first-order chi connectivity index (χ1) is 6.43. The molecule has 0 aliphatic heterocycles. The number of benzene rings is 1. The van der Waals surface area contributed by atoms with Crippen LogP contribution in [0.3, 0.4) is 0 Å². The van der Waals surface area contributed by atoms with Crippen molar-refractivity contribution in [3.8, 4) is 0 Å². The highest BCUT2D eigenvalue weighted by Crippen LogP contribution is 2.32. The smallest absolute Gasteiger partial charge is 0.265 e. The zero-order valence-electron chi connectivity index (χ0n) is 7.15. The molecule has 0 spiro atoms. The minimum absolute atomic E-state index is 0.0615. The molecule has 0 bridgehead atoms. The lowest BCUT2D eigenvalue weighted by atomic mass is 10.1. The minimum atomic E-state index is -2.71. The van der Waals surface area contributed by atoms with Crippen molar-refractivity contribution < 1.29 is 13.6 Å². The van der Waals surface area contributed by atoms with Crippen LogP contribution in [0.25, 0.3) is 0 Å². The van der Waals surface area contributed by atoms with Crippen molar-refractivity contribution in [1.82, 2.24) is 0 Å². The van der Waals surface area contributed by atoms with Crippen LogP contribution in [0.15, 0.2) is 12.1 Å². The van der Waals surface area contributed by atoms with Crippen LogP contribution >= 0.6 is 23.2 Å². The van der Waals surface area contributed by atoms with Gasteiger partial charge in [0, 0.05) is 11.1 Å². The molecule has 0 fully saturated rings. The second kappa shape index (κ2) is 4.24. The lowest BCUT2D eigenvalue weighted by Crippen LogP contribution is -1.97. The molecule has 76 valence electrons. The number of hydrogen-bond acceptors (Lipinski definition) is 1. The molecule has 1 rings (SSSR count). The van der Waals surface area contributed by atoms with Crippen LogP contribution < -0.4 is 0 Å². The molecule has 0 amide bonds. The molecule has 1 aromatic carbocycles. The molecule has 14 heavy (non-hydrogen) atoms. The second-order valence-corrected chi connectivity index (χ2v) is 3.52. The van der Waals surface area contributed by atoms with Crippen LogP contribution in [0.1, 0.15) is 29.3 Å².